The first-order chi connectivity index (χ1) is 5.66. The van der Waals surface area contributed by atoms with Crippen molar-refractivity contribution in [2.45, 2.75) is 12.5 Å². The molecule has 3 aliphatic rings. The largest absolute Gasteiger partial charge is 0.378 e. The molecule has 4 heteroatoms. The first kappa shape index (κ1) is 7.33. The zero-order valence-corrected chi connectivity index (χ0v) is 7.59. The molecule has 0 aromatic rings. The van der Waals surface area contributed by atoms with E-state index in [0.29, 0.717) is 29.3 Å². The molecule has 0 aromatic heterocycles. The highest BCUT2D eigenvalue weighted by atomic mass is 32.2. The fraction of sp³-hybridized carbons (Fsp3) is 1.00. The van der Waals surface area contributed by atoms with Gasteiger partial charge in [-0.3, -0.25) is 0 Å². The summed E-state index contributed by atoms with van der Waals surface area (Å²) >= 11 is 0. The van der Waals surface area contributed by atoms with Crippen LogP contribution in [0.5, 0.6) is 0 Å². The Morgan fingerprint density at radius 3 is 2.67 bits per heavy atom. The van der Waals surface area contributed by atoms with Crippen LogP contribution in [0.2, 0.25) is 0 Å². The Morgan fingerprint density at radius 2 is 1.92 bits per heavy atom. The predicted octanol–water partition coefficient (Wildman–Crippen LogP) is 0.0659. The standard InChI is InChI=1S/C8H12O3S/c9-12(10)3-6-5-1-8(11-2-5)7(6)4-12/h5-8H,1-4H2/t5-,6+,7+,8+/m1/s1. The molecule has 0 spiro atoms. The molecule has 4 atom stereocenters. The van der Waals surface area contributed by atoms with Gasteiger partial charge in [0.05, 0.1) is 24.2 Å². The van der Waals surface area contributed by atoms with E-state index in [4.69, 9.17) is 4.74 Å². The number of fused-ring (bicyclic) bond motifs is 5. The van der Waals surface area contributed by atoms with E-state index >= 15 is 0 Å². The lowest BCUT2D eigenvalue weighted by molar-refractivity contribution is 0.0215. The molecule has 3 rings (SSSR count). The Labute approximate surface area is 72.0 Å². The number of sulfone groups is 1. The number of ether oxygens (including phenoxy) is 1. The van der Waals surface area contributed by atoms with Crippen LogP contribution in [-0.4, -0.2) is 32.6 Å². The van der Waals surface area contributed by atoms with Crippen molar-refractivity contribution in [1.82, 2.24) is 0 Å². The van der Waals surface area contributed by atoms with E-state index in [9.17, 15) is 8.42 Å². The lowest BCUT2D eigenvalue weighted by Gasteiger charge is -2.22. The minimum Gasteiger partial charge on any atom is -0.378 e. The smallest absolute Gasteiger partial charge is 0.150 e. The number of hydrogen-bond acceptors (Lipinski definition) is 3. The van der Waals surface area contributed by atoms with Crippen molar-refractivity contribution in [2.75, 3.05) is 18.1 Å². The Kier molecular flexibility index (Phi) is 1.25. The second kappa shape index (κ2) is 2.04. The highest BCUT2D eigenvalue weighted by Gasteiger charge is 2.55. The topological polar surface area (TPSA) is 43.4 Å². The molecule has 1 aliphatic carbocycles. The van der Waals surface area contributed by atoms with E-state index in [1.54, 1.807) is 0 Å². The minimum atomic E-state index is -2.71. The second-order valence-corrected chi connectivity index (χ2v) is 6.43. The Bertz CT molecular complexity index is 284. The van der Waals surface area contributed by atoms with Gasteiger partial charge in [-0.1, -0.05) is 0 Å². The summed E-state index contributed by atoms with van der Waals surface area (Å²) in [6.07, 6.45) is 1.39. The molecular weight excluding hydrogens is 176 g/mol. The van der Waals surface area contributed by atoms with E-state index in [1.165, 1.54) is 0 Å². The van der Waals surface area contributed by atoms with Gasteiger partial charge in [0, 0.05) is 5.92 Å². The summed E-state index contributed by atoms with van der Waals surface area (Å²) in [5.74, 6) is 2.15. The van der Waals surface area contributed by atoms with Crippen molar-refractivity contribution < 1.29 is 13.2 Å². The van der Waals surface area contributed by atoms with E-state index in [0.717, 1.165) is 13.0 Å². The van der Waals surface area contributed by atoms with Gasteiger partial charge in [0.2, 0.25) is 0 Å². The molecule has 2 bridgehead atoms. The van der Waals surface area contributed by atoms with Crippen LogP contribution in [0.15, 0.2) is 0 Å². The van der Waals surface area contributed by atoms with Crippen molar-refractivity contribution in [1.29, 1.82) is 0 Å². The first-order valence-corrected chi connectivity index (χ1v) is 6.30. The van der Waals surface area contributed by atoms with Crippen molar-refractivity contribution >= 4 is 9.84 Å². The molecule has 12 heavy (non-hydrogen) atoms. The highest BCUT2D eigenvalue weighted by Crippen LogP contribution is 2.49. The normalized spacial score (nSPS) is 54.3. The second-order valence-electron chi connectivity index (χ2n) is 4.27. The van der Waals surface area contributed by atoms with Gasteiger partial charge in [-0.05, 0) is 18.3 Å². The predicted molar refractivity (Wildman–Crippen MR) is 43.5 cm³/mol. The van der Waals surface area contributed by atoms with E-state index in [2.05, 4.69) is 0 Å². The number of rotatable bonds is 0. The van der Waals surface area contributed by atoms with Crippen molar-refractivity contribution in [2.24, 2.45) is 17.8 Å². The molecule has 2 saturated heterocycles. The van der Waals surface area contributed by atoms with Gasteiger partial charge in [0.15, 0.2) is 9.84 Å². The van der Waals surface area contributed by atoms with Crippen LogP contribution in [0.4, 0.5) is 0 Å². The Morgan fingerprint density at radius 1 is 1.17 bits per heavy atom. The van der Waals surface area contributed by atoms with Crippen LogP contribution in [0.1, 0.15) is 6.42 Å². The summed E-state index contributed by atoms with van der Waals surface area (Å²) in [4.78, 5) is 0. The maximum absolute atomic E-state index is 11.3. The van der Waals surface area contributed by atoms with Crippen molar-refractivity contribution in [3.8, 4) is 0 Å². The Balaban J connectivity index is 1.97. The summed E-state index contributed by atoms with van der Waals surface area (Å²) in [5, 5.41) is 0. The summed E-state index contributed by atoms with van der Waals surface area (Å²) in [6.45, 7) is 0.807. The van der Waals surface area contributed by atoms with Gasteiger partial charge in [0.1, 0.15) is 0 Å². The van der Waals surface area contributed by atoms with E-state index in [1.807, 2.05) is 0 Å². The van der Waals surface area contributed by atoms with Gasteiger partial charge >= 0.3 is 0 Å². The monoisotopic (exact) mass is 188 g/mol. The molecule has 68 valence electrons. The fourth-order valence-corrected chi connectivity index (χ4v) is 5.34. The van der Waals surface area contributed by atoms with Crippen LogP contribution in [0, 0.1) is 17.8 Å². The molecule has 0 amide bonds. The molecular formula is C8H12O3S. The molecule has 0 aromatic carbocycles. The first-order valence-electron chi connectivity index (χ1n) is 4.48. The quantitative estimate of drug-likeness (QED) is 0.540. The van der Waals surface area contributed by atoms with E-state index < -0.39 is 9.84 Å². The average molecular weight is 188 g/mol. The third-order valence-electron chi connectivity index (χ3n) is 3.59. The van der Waals surface area contributed by atoms with Gasteiger partial charge in [-0.15, -0.1) is 0 Å². The zero-order chi connectivity index (χ0) is 8.34. The SMILES string of the molecule is O=S1(=O)C[C@H]2[C@H]3CO[C@@H](C3)[C@H]2C1. The van der Waals surface area contributed by atoms with Gasteiger partial charge in [-0.25, -0.2) is 8.42 Å². The van der Waals surface area contributed by atoms with Crippen LogP contribution in [0.25, 0.3) is 0 Å². The molecule has 2 aliphatic heterocycles. The fourth-order valence-electron chi connectivity index (χ4n) is 3.05. The molecule has 0 unspecified atom stereocenters. The van der Waals surface area contributed by atoms with Crippen LogP contribution in [-0.2, 0) is 14.6 Å². The summed E-state index contributed by atoms with van der Waals surface area (Å²) in [7, 11) is -2.71. The van der Waals surface area contributed by atoms with Crippen LogP contribution in [0.3, 0.4) is 0 Å². The lowest BCUT2D eigenvalue weighted by atomic mass is 9.91. The molecule has 0 radical (unpaired) electrons. The molecule has 3 nitrogen and oxygen atoms in total. The van der Waals surface area contributed by atoms with E-state index in [-0.39, 0.29) is 6.10 Å². The minimum absolute atomic E-state index is 0.275. The van der Waals surface area contributed by atoms with Crippen molar-refractivity contribution in [3.05, 3.63) is 0 Å². The summed E-state index contributed by atoms with van der Waals surface area (Å²) in [6, 6.07) is 0. The zero-order valence-electron chi connectivity index (χ0n) is 6.77. The van der Waals surface area contributed by atoms with Crippen LogP contribution < -0.4 is 0 Å². The maximum atomic E-state index is 11.3. The third-order valence-corrected chi connectivity index (χ3v) is 5.37. The van der Waals surface area contributed by atoms with Crippen molar-refractivity contribution in [3.63, 3.8) is 0 Å². The summed E-state index contributed by atoms with van der Waals surface area (Å²) < 4.78 is 28.1. The third kappa shape index (κ3) is 0.823. The highest BCUT2D eigenvalue weighted by molar-refractivity contribution is 7.91. The average Bonchev–Trinajstić information content (AvgIpc) is 2.54. The van der Waals surface area contributed by atoms with Gasteiger partial charge in [0.25, 0.3) is 0 Å². The van der Waals surface area contributed by atoms with Gasteiger partial charge < -0.3 is 4.74 Å². The molecule has 1 saturated carbocycles. The summed E-state index contributed by atoms with van der Waals surface area (Å²) in [5.41, 5.74) is 0. The molecule has 2 heterocycles. The molecule has 0 N–H and O–H groups in total. The van der Waals surface area contributed by atoms with Crippen LogP contribution >= 0.6 is 0 Å². The Hall–Kier alpha value is -0.0900. The number of hydrogen-bond donors (Lipinski definition) is 0. The van der Waals surface area contributed by atoms with Gasteiger partial charge in [-0.2, -0.15) is 0 Å². The molecule has 3 fully saturated rings. The maximum Gasteiger partial charge on any atom is 0.150 e. The lowest BCUT2D eigenvalue weighted by Crippen LogP contribution is -2.27.